The summed E-state index contributed by atoms with van der Waals surface area (Å²) in [6, 6.07) is 3.79. The van der Waals surface area contributed by atoms with Crippen molar-refractivity contribution in [1.82, 2.24) is 10.2 Å². The Morgan fingerprint density at radius 2 is 1.90 bits per heavy atom. The van der Waals surface area contributed by atoms with Crippen LogP contribution >= 0.6 is 0 Å². The van der Waals surface area contributed by atoms with Gasteiger partial charge in [-0.25, -0.2) is 0 Å². The highest BCUT2D eigenvalue weighted by Crippen LogP contribution is 2.22. The van der Waals surface area contributed by atoms with E-state index in [1.807, 2.05) is 32.6 Å². The van der Waals surface area contributed by atoms with E-state index >= 15 is 0 Å². The third-order valence-corrected chi connectivity index (χ3v) is 3.92. The Morgan fingerprint density at radius 3 is 2.48 bits per heavy atom. The van der Waals surface area contributed by atoms with Crippen LogP contribution < -0.4 is 10.6 Å². The lowest BCUT2D eigenvalue weighted by Crippen LogP contribution is -2.53. The van der Waals surface area contributed by atoms with Crippen molar-refractivity contribution in [3.8, 4) is 0 Å². The smallest absolute Gasteiger partial charge is 0.241 e. The highest BCUT2D eigenvalue weighted by Gasteiger charge is 2.26. The molecular formula is C16H23N3O2. The van der Waals surface area contributed by atoms with E-state index in [0.29, 0.717) is 13.1 Å². The Morgan fingerprint density at radius 1 is 1.29 bits per heavy atom. The standard InChI is InChI=1S/C16H23N3O2/c1-10-7-11(2)15(12(3)8-10)18-16(21)13(4)19-6-5-17-14(20)9-19/h7-8,13H,5-6,9H2,1-4H3,(H,17,20)(H,18,21)/t13-/m1/s1. The van der Waals surface area contributed by atoms with E-state index in [-0.39, 0.29) is 24.4 Å². The molecule has 114 valence electrons. The van der Waals surface area contributed by atoms with E-state index in [9.17, 15) is 9.59 Å². The highest BCUT2D eigenvalue weighted by atomic mass is 16.2. The van der Waals surface area contributed by atoms with Crippen LogP contribution in [0.3, 0.4) is 0 Å². The molecule has 1 fully saturated rings. The first kappa shape index (κ1) is 15.5. The molecule has 0 aliphatic carbocycles. The van der Waals surface area contributed by atoms with Gasteiger partial charge in [-0.1, -0.05) is 17.7 Å². The molecule has 0 saturated carbocycles. The van der Waals surface area contributed by atoms with Gasteiger partial charge in [0, 0.05) is 18.8 Å². The predicted octanol–water partition coefficient (Wildman–Crippen LogP) is 1.37. The van der Waals surface area contributed by atoms with Crippen molar-refractivity contribution >= 4 is 17.5 Å². The molecule has 1 aromatic rings. The number of rotatable bonds is 3. The molecule has 0 bridgehead atoms. The van der Waals surface area contributed by atoms with Crippen LogP contribution in [0, 0.1) is 20.8 Å². The van der Waals surface area contributed by atoms with Gasteiger partial charge < -0.3 is 10.6 Å². The first-order valence-corrected chi connectivity index (χ1v) is 7.28. The number of anilines is 1. The van der Waals surface area contributed by atoms with Gasteiger partial charge in [-0.15, -0.1) is 0 Å². The van der Waals surface area contributed by atoms with Crippen molar-refractivity contribution < 1.29 is 9.59 Å². The van der Waals surface area contributed by atoms with E-state index in [1.54, 1.807) is 0 Å². The lowest BCUT2D eigenvalue weighted by molar-refractivity contribution is -0.127. The Balaban J connectivity index is 2.09. The zero-order valence-corrected chi connectivity index (χ0v) is 13.1. The number of hydrogen-bond donors (Lipinski definition) is 2. The van der Waals surface area contributed by atoms with Crippen molar-refractivity contribution in [3.63, 3.8) is 0 Å². The molecule has 1 saturated heterocycles. The first-order valence-electron chi connectivity index (χ1n) is 7.28. The SMILES string of the molecule is Cc1cc(C)c(NC(=O)[C@@H](C)N2CCNC(=O)C2)c(C)c1. The van der Waals surface area contributed by atoms with Gasteiger partial charge in [-0.2, -0.15) is 0 Å². The summed E-state index contributed by atoms with van der Waals surface area (Å²) >= 11 is 0. The molecule has 0 spiro atoms. The average Bonchev–Trinajstić information content (AvgIpc) is 2.41. The fraction of sp³-hybridized carbons (Fsp3) is 0.500. The number of carbonyl (C=O) groups excluding carboxylic acids is 2. The fourth-order valence-electron chi connectivity index (χ4n) is 2.76. The molecule has 21 heavy (non-hydrogen) atoms. The molecule has 1 heterocycles. The molecule has 1 atom stereocenters. The van der Waals surface area contributed by atoms with Crippen LogP contribution in [0.2, 0.25) is 0 Å². The van der Waals surface area contributed by atoms with Crippen molar-refractivity contribution in [2.24, 2.45) is 0 Å². The van der Waals surface area contributed by atoms with E-state index in [4.69, 9.17) is 0 Å². The molecule has 0 radical (unpaired) electrons. The normalized spacial score (nSPS) is 17.2. The summed E-state index contributed by atoms with van der Waals surface area (Å²) in [5.74, 6) is -0.0941. The van der Waals surface area contributed by atoms with E-state index in [1.165, 1.54) is 5.56 Å². The van der Waals surface area contributed by atoms with E-state index < -0.39 is 0 Å². The second-order valence-electron chi connectivity index (χ2n) is 5.76. The van der Waals surface area contributed by atoms with Crippen LogP contribution in [0.15, 0.2) is 12.1 Å². The Bertz CT molecular complexity index is 546. The Hall–Kier alpha value is -1.88. The van der Waals surface area contributed by atoms with Crippen LogP contribution in [0.5, 0.6) is 0 Å². The zero-order valence-electron chi connectivity index (χ0n) is 13.1. The van der Waals surface area contributed by atoms with Gasteiger partial charge in [-0.3, -0.25) is 14.5 Å². The third-order valence-electron chi connectivity index (χ3n) is 3.92. The maximum Gasteiger partial charge on any atom is 0.241 e. The molecule has 5 nitrogen and oxygen atoms in total. The second-order valence-corrected chi connectivity index (χ2v) is 5.76. The fourth-order valence-corrected chi connectivity index (χ4v) is 2.76. The summed E-state index contributed by atoms with van der Waals surface area (Å²) in [5, 5.41) is 5.77. The summed E-state index contributed by atoms with van der Waals surface area (Å²) < 4.78 is 0. The molecule has 2 N–H and O–H groups in total. The molecule has 1 aliphatic heterocycles. The van der Waals surface area contributed by atoms with Crippen LogP contribution in [0.1, 0.15) is 23.6 Å². The predicted molar refractivity (Wildman–Crippen MR) is 83.3 cm³/mol. The van der Waals surface area contributed by atoms with Gasteiger partial charge in [0.15, 0.2) is 0 Å². The minimum absolute atomic E-state index is 0.0244. The average molecular weight is 289 g/mol. The molecule has 5 heteroatoms. The number of nitrogens with zero attached hydrogens (tertiary/aromatic N) is 1. The largest absolute Gasteiger partial charge is 0.354 e. The monoisotopic (exact) mass is 289 g/mol. The lowest BCUT2D eigenvalue weighted by atomic mass is 10.0. The second kappa shape index (κ2) is 6.26. The summed E-state index contributed by atoms with van der Waals surface area (Å²) in [4.78, 5) is 25.7. The van der Waals surface area contributed by atoms with Gasteiger partial charge in [-0.05, 0) is 38.8 Å². The maximum absolute atomic E-state index is 12.4. The molecule has 2 rings (SSSR count). The number of nitrogens with one attached hydrogen (secondary N) is 2. The summed E-state index contributed by atoms with van der Waals surface area (Å²) in [7, 11) is 0. The van der Waals surface area contributed by atoms with E-state index in [2.05, 4.69) is 22.8 Å². The lowest BCUT2D eigenvalue weighted by Gasteiger charge is -2.31. The number of hydrogen-bond acceptors (Lipinski definition) is 3. The maximum atomic E-state index is 12.4. The summed E-state index contributed by atoms with van der Waals surface area (Å²) in [5.41, 5.74) is 4.18. The minimum atomic E-state index is -0.323. The Labute approximate surface area is 125 Å². The van der Waals surface area contributed by atoms with Crippen molar-refractivity contribution in [1.29, 1.82) is 0 Å². The van der Waals surface area contributed by atoms with Gasteiger partial charge in [0.05, 0.1) is 12.6 Å². The van der Waals surface area contributed by atoms with Gasteiger partial charge in [0.25, 0.3) is 0 Å². The molecule has 1 aliphatic rings. The van der Waals surface area contributed by atoms with E-state index in [0.717, 1.165) is 16.8 Å². The highest BCUT2D eigenvalue weighted by molar-refractivity contribution is 5.96. The van der Waals surface area contributed by atoms with Crippen LogP contribution in [0.4, 0.5) is 5.69 Å². The molecule has 1 aromatic carbocycles. The minimum Gasteiger partial charge on any atom is -0.354 e. The number of amides is 2. The quantitative estimate of drug-likeness (QED) is 0.883. The molecule has 2 amide bonds. The first-order chi connectivity index (χ1) is 9.88. The van der Waals surface area contributed by atoms with Gasteiger partial charge in [0.1, 0.15) is 0 Å². The number of aryl methyl sites for hydroxylation is 3. The van der Waals surface area contributed by atoms with Crippen molar-refractivity contribution in [3.05, 3.63) is 28.8 Å². The number of carbonyl (C=O) groups is 2. The summed E-state index contributed by atoms with van der Waals surface area (Å²) in [6.07, 6.45) is 0. The zero-order chi connectivity index (χ0) is 15.6. The Kier molecular flexibility index (Phi) is 4.63. The molecule has 0 unspecified atom stereocenters. The van der Waals surface area contributed by atoms with Gasteiger partial charge in [0.2, 0.25) is 11.8 Å². The van der Waals surface area contributed by atoms with Crippen LogP contribution in [0.25, 0.3) is 0 Å². The third kappa shape index (κ3) is 3.61. The van der Waals surface area contributed by atoms with Crippen LogP contribution in [-0.2, 0) is 9.59 Å². The van der Waals surface area contributed by atoms with Gasteiger partial charge >= 0.3 is 0 Å². The molecular weight excluding hydrogens is 266 g/mol. The number of benzene rings is 1. The molecule has 0 aromatic heterocycles. The van der Waals surface area contributed by atoms with Crippen LogP contribution in [-0.4, -0.2) is 42.4 Å². The number of piperazine rings is 1. The summed E-state index contributed by atoms with van der Waals surface area (Å²) in [6.45, 7) is 9.45. The topological polar surface area (TPSA) is 61.4 Å². The van der Waals surface area contributed by atoms with Crippen molar-refractivity contribution in [2.45, 2.75) is 33.7 Å². The van der Waals surface area contributed by atoms with Crippen molar-refractivity contribution in [2.75, 3.05) is 25.0 Å².